The van der Waals surface area contributed by atoms with E-state index in [1.165, 1.54) is 18.2 Å². The molecule has 0 saturated carbocycles. The van der Waals surface area contributed by atoms with Crippen molar-refractivity contribution in [1.82, 2.24) is 0 Å². The molecular weight excluding hydrogens is 308 g/mol. The summed E-state index contributed by atoms with van der Waals surface area (Å²) in [4.78, 5) is 22.5. The number of ether oxygens (including phenoxy) is 1. The Balaban J connectivity index is 2.73. The molecule has 0 radical (unpaired) electrons. The molecule has 0 unspecified atom stereocenters. The van der Waals surface area contributed by atoms with E-state index in [2.05, 4.69) is 10.1 Å². The minimum absolute atomic E-state index is 0.199. The molecule has 7 nitrogen and oxygen atoms in total. The first-order valence-corrected chi connectivity index (χ1v) is 7.55. The Hall–Kier alpha value is -1.80. The first-order chi connectivity index (χ1) is 9.23. The maximum absolute atomic E-state index is 11.6. The zero-order chi connectivity index (χ0) is 15.3. The second-order valence-corrected chi connectivity index (χ2v) is 6.37. The lowest BCUT2D eigenvalue weighted by Gasteiger charge is -2.08. The molecule has 1 rings (SSSR count). The van der Waals surface area contributed by atoms with Crippen LogP contribution in [0.5, 0.6) is 0 Å². The van der Waals surface area contributed by atoms with E-state index in [1.54, 1.807) is 0 Å². The van der Waals surface area contributed by atoms with Crippen LogP contribution in [0.4, 0.5) is 11.4 Å². The lowest BCUT2D eigenvalue weighted by Crippen LogP contribution is -2.28. The number of anilines is 2. The van der Waals surface area contributed by atoms with Crippen molar-refractivity contribution in [3.05, 3.63) is 23.2 Å². The van der Waals surface area contributed by atoms with Crippen molar-refractivity contribution < 1.29 is 22.7 Å². The third kappa shape index (κ3) is 5.06. The molecule has 0 heterocycles. The first kappa shape index (κ1) is 16.3. The summed E-state index contributed by atoms with van der Waals surface area (Å²) in [5.41, 5.74) is 6.09. The smallest absolute Gasteiger partial charge is 0.320 e. The van der Waals surface area contributed by atoms with Gasteiger partial charge in [-0.15, -0.1) is 0 Å². The standard InChI is InChI=1S/C11H13ClN2O5S/c1-19-11(16)6-20(17,18)5-10(15)14-9-4-7(13)2-3-8(9)12/h2-4H,5-6,13H2,1H3,(H,14,15). The van der Waals surface area contributed by atoms with Gasteiger partial charge in [0.2, 0.25) is 5.91 Å². The molecule has 1 aromatic carbocycles. The van der Waals surface area contributed by atoms with E-state index >= 15 is 0 Å². The Morgan fingerprint density at radius 2 is 2.00 bits per heavy atom. The van der Waals surface area contributed by atoms with E-state index < -0.39 is 33.2 Å². The summed E-state index contributed by atoms with van der Waals surface area (Å²) < 4.78 is 27.3. The van der Waals surface area contributed by atoms with Crippen molar-refractivity contribution in [3.63, 3.8) is 0 Å². The average molecular weight is 321 g/mol. The zero-order valence-electron chi connectivity index (χ0n) is 10.6. The molecule has 1 aromatic rings. The Morgan fingerprint density at radius 3 is 2.60 bits per heavy atom. The highest BCUT2D eigenvalue weighted by atomic mass is 35.5. The fourth-order valence-electron chi connectivity index (χ4n) is 1.31. The number of hydrogen-bond donors (Lipinski definition) is 2. The monoisotopic (exact) mass is 320 g/mol. The van der Waals surface area contributed by atoms with Crippen molar-refractivity contribution in [1.29, 1.82) is 0 Å². The number of carbonyl (C=O) groups excluding carboxylic acids is 2. The van der Waals surface area contributed by atoms with Gasteiger partial charge in [-0.1, -0.05) is 11.6 Å². The van der Waals surface area contributed by atoms with Crippen molar-refractivity contribution in [2.45, 2.75) is 0 Å². The Morgan fingerprint density at radius 1 is 1.35 bits per heavy atom. The van der Waals surface area contributed by atoms with Crippen LogP contribution in [0.3, 0.4) is 0 Å². The number of methoxy groups -OCH3 is 1. The van der Waals surface area contributed by atoms with E-state index in [4.69, 9.17) is 17.3 Å². The molecule has 9 heteroatoms. The summed E-state index contributed by atoms with van der Waals surface area (Å²) in [7, 11) is -2.84. The van der Waals surface area contributed by atoms with E-state index in [1.807, 2.05) is 0 Å². The molecule has 0 spiro atoms. The van der Waals surface area contributed by atoms with E-state index in [0.717, 1.165) is 7.11 Å². The van der Waals surface area contributed by atoms with Crippen molar-refractivity contribution in [2.75, 3.05) is 29.7 Å². The fraction of sp³-hybridized carbons (Fsp3) is 0.273. The molecule has 0 aliphatic heterocycles. The van der Waals surface area contributed by atoms with Gasteiger partial charge in [-0.25, -0.2) is 8.42 Å². The summed E-state index contributed by atoms with van der Waals surface area (Å²) in [6.07, 6.45) is 0. The SMILES string of the molecule is COC(=O)CS(=O)(=O)CC(=O)Nc1cc(N)ccc1Cl. The van der Waals surface area contributed by atoms with Gasteiger partial charge in [-0.3, -0.25) is 9.59 Å². The van der Waals surface area contributed by atoms with Gasteiger partial charge < -0.3 is 15.8 Å². The maximum Gasteiger partial charge on any atom is 0.320 e. The topological polar surface area (TPSA) is 116 Å². The van der Waals surface area contributed by atoms with E-state index in [-0.39, 0.29) is 10.7 Å². The quantitative estimate of drug-likeness (QED) is 0.601. The molecule has 1 amide bonds. The molecule has 110 valence electrons. The van der Waals surface area contributed by atoms with Gasteiger partial charge in [0.25, 0.3) is 0 Å². The molecule has 0 atom stereocenters. The molecular formula is C11H13ClN2O5S. The second-order valence-electron chi connectivity index (χ2n) is 3.90. The normalized spacial score (nSPS) is 10.9. The van der Waals surface area contributed by atoms with Gasteiger partial charge in [-0.05, 0) is 18.2 Å². The number of sulfone groups is 1. The minimum Gasteiger partial charge on any atom is -0.468 e. The van der Waals surface area contributed by atoms with Crippen LogP contribution in [0.25, 0.3) is 0 Å². The predicted molar refractivity (Wildman–Crippen MR) is 75.2 cm³/mol. The summed E-state index contributed by atoms with van der Waals surface area (Å²) in [5.74, 6) is -3.46. The Bertz CT molecular complexity index is 630. The fourth-order valence-corrected chi connectivity index (χ4v) is 2.53. The number of halogens is 1. The van der Waals surface area contributed by atoms with E-state index in [0.29, 0.717) is 5.69 Å². The number of amides is 1. The number of carbonyl (C=O) groups is 2. The molecule has 0 aromatic heterocycles. The van der Waals surface area contributed by atoms with Crippen LogP contribution in [0, 0.1) is 0 Å². The Kier molecular flexibility index (Phi) is 5.34. The molecule has 0 aliphatic carbocycles. The van der Waals surface area contributed by atoms with Crippen LogP contribution in [-0.4, -0.2) is 38.9 Å². The molecule has 3 N–H and O–H groups in total. The number of esters is 1. The minimum atomic E-state index is -3.90. The largest absolute Gasteiger partial charge is 0.468 e. The number of nitrogens with one attached hydrogen (secondary N) is 1. The van der Waals surface area contributed by atoms with Crippen LogP contribution in [0.2, 0.25) is 5.02 Å². The van der Waals surface area contributed by atoms with Gasteiger partial charge in [-0.2, -0.15) is 0 Å². The number of nitrogen functional groups attached to an aromatic ring is 1. The van der Waals surface area contributed by atoms with Gasteiger partial charge in [0, 0.05) is 5.69 Å². The van der Waals surface area contributed by atoms with Crippen molar-refractivity contribution in [2.24, 2.45) is 0 Å². The lowest BCUT2D eigenvalue weighted by molar-refractivity contribution is -0.137. The van der Waals surface area contributed by atoms with E-state index in [9.17, 15) is 18.0 Å². The van der Waals surface area contributed by atoms with Crippen LogP contribution in [0.1, 0.15) is 0 Å². The zero-order valence-corrected chi connectivity index (χ0v) is 12.1. The highest BCUT2D eigenvalue weighted by Gasteiger charge is 2.21. The summed E-state index contributed by atoms with van der Waals surface area (Å²) in [6, 6.07) is 4.40. The molecule has 0 bridgehead atoms. The van der Waals surface area contributed by atoms with Gasteiger partial charge >= 0.3 is 5.97 Å². The van der Waals surface area contributed by atoms with Gasteiger partial charge in [0.15, 0.2) is 9.84 Å². The van der Waals surface area contributed by atoms with Crippen LogP contribution in [-0.2, 0) is 24.2 Å². The predicted octanol–water partition coefficient (Wildman–Crippen LogP) is 0.449. The lowest BCUT2D eigenvalue weighted by atomic mass is 10.3. The van der Waals surface area contributed by atoms with Crippen LogP contribution in [0.15, 0.2) is 18.2 Å². The number of hydrogen-bond acceptors (Lipinski definition) is 6. The molecule has 0 aliphatic rings. The third-order valence-electron chi connectivity index (χ3n) is 2.18. The molecule has 0 saturated heterocycles. The summed E-state index contributed by atoms with van der Waals surface area (Å²) >= 11 is 5.82. The first-order valence-electron chi connectivity index (χ1n) is 5.35. The number of nitrogens with two attached hydrogens (primary N) is 1. The van der Waals surface area contributed by atoms with Gasteiger partial charge in [0.1, 0.15) is 11.5 Å². The maximum atomic E-state index is 11.6. The Labute approximate surface area is 121 Å². The summed E-state index contributed by atoms with van der Waals surface area (Å²) in [5, 5.41) is 2.54. The second kappa shape index (κ2) is 6.58. The molecule has 0 fully saturated rings. The highest BCUT2D eigenvalue weighted by Crippen LogP contribution is 2.23. The average Bonchev–Trinajstić information content (AvgIpc) is 2.32. The van der Waals surface area contributed by atoms with Crippen molar-refractivity contribution >= 4 is 44.7 Å². The van der Waals surface area contributed by atoms with Crippen LogP contribution >= 0.6 is 11.6 Å². The number of benzene rings is 1. The summed E-state index contributed by atoms with van der Waals surface area (Å²) in [6.45, 7) is 0. The van der Waals surface area contributed by atoms with Crippen molar-refractivity contribution in [3.8, 4) is 0 Å². The van der Waals surface area contributed by atoms with Gasteiger partial charge in [0.05, 0.1) is 17.8 Å². The number of rotatable bonds is 5. The third-order valence-corrected chi connectivity index (χ3v) is 3.89. The highest BCUT2D eigenvalue weighted by molar-refractivity contribution is 7.92. The van der Waals surface area contributed by atoms with Crippen LogP contribution < -0.4 is 11.1 Å². The molecule has 20 heavy (non-hydrogen) atoms.